The number of ether oxygens (including phenoxy) is 1. The third kappa shape index (κ3) is 3.18. The lowest BCUT2D eigenvalue weighted by molar-refractivity contribution is 0.0862. The minimum absolute atomic E-state index is 0.323. The van der Waals surface area contributed by atoms with Crippen LogP contribution in [-0.4, -0.2) is 25.8 Å². The first-order valence-corrected chi connectivity index (χ1v) is 6.48. The molecule has 0 radical (unpaired) electrons. The molecule has 15 heavy (non-hydrogen) atoms. The van der Waals surface area contributed by atoms with E-state index in [9.17, 15) is 0 Å². The summed E-state index contributed by atoms with van der Waals surface area (Å²) in [5, 5.41) is 3.65. The zero-order valence-electron chi connectivity index (χ0n) is 10.3. The largest absolute Gasteiger partial charge is 0.380 e. The van der Waals surface area contributed by atoms with Crippen LogP contribution in [0.25, 0.3) is 0 Å². The van der Waals surface area contributed by atoms with Gasteiger partial charge in [-0.25, -0.2) is 0 Å². The molecule has 0 bridgehead atoms. The average Bonchev–Trinajstić information content (AvgIpc) is 3.07. The van der Waals surface area contributed by atoms with Gasteiger partial charge in [0.15, 0.2) is 0 Å². The topological polar surface area (TPSA) is 21.3 Å². The summed E-state index contributed by atoms with van der Waals surface area (Å²) in [7, 11) is 1.79. The summed E-state index contributed by atoms with van der Waals surface area (Å²) in [4.78, 5) is 0. The molecule has 0 aromatic rings. The fraction of sp³-hybridized carbons (Fsp3) is 1.00. The van der Waals surface area contributed by atoms with Gasteiger partial charge in [-0.3, -0.25) is 0 Å². The summed E-state index contributed by atoms with van der Waals surface area (Å²) in [5.74, 6) is 3.07. The lowest BCUT2D eigenvalue weighted by Crippen LogP contribution is -2.40. The minimum Gasteiger partial charge on any atom is -0.380 e. The van der Waals surface area contributed by atoms with Gasteiger partial charge in [0.25, 0.3) is 0 Å². The van der Waals surface area contributed by atoms with Crippen molar-refractivity contribution < 1.29 is 4.74 Å². The van der Waals surface area contributed by atoms with Crippen molar-refractivity contribution in [1.29, 1.82) is 0 Å². The molecule has 0 amide bonds. The maximum Gasteiger partial charge on any atom is 0.0693 e. The zero-order valence-corrected chi connectivity index (χ0v) is 10.3. The zero-order chi connectivity index (χ0) is 10.8. The lowest BCUT2D eigenvalue weighted by atomic mass is 9.97. The molecule has 0 aromatic heterocycles. The second-order valence-electron chi connectivity index (χ2n) is 5.48. The van der Waals surface area contributed by atoms with Gasteiger partial charge in [0, 0.05) is 13.2 Å². The highest BCUT2D eigenvalue weighted by Crippen LogP contribution is 2.48. The molecule has 2 heteroatoms. The Kier molecular flexibility index (Phi) is 3.68. The number of nitrogens with one attached hydrogen (secondary N) is 1. The van der Waals surface area contributed by atoms with E-state index in [1.165, 1.54) is 32.2 Å². The van der Waals surface area contributed by atoms with Crippen molar-refractivity contribution in [2.24, 2.45) is 17.8 Å². The first kappa shape index (κ1) is 11.4. The molecule has 2 nitrogen and oxygen atoms in total. The maximum atomic E-state index is 5.33. The molecule has 0 saturated heterocycles. The number of hydrogen-bond acceptors (Lipinski definition) is 2. The van der Waals surface area contributed by atoms with Gasteiger partial charge in [-0.1, -0.05) is 0 Å². The summed E-state index contributed by atoms with van der Waals surface area (Å²) in [5.41, 5.74) is 0. The van der Waals surface area contributed by atoms with Crippen LogP contribution in [0.4, 0.5) is 0 Å². The summed E-state index contributed by atoms with van der Waals surface area (Å²) < 4.78 is 5.33. The molecule has 2 aliphatic carbocycles. The molecule has 2 rings (SSSR count). The van der Waals surface area contributed by atoms with Crippen LogP contribution in [0.3, 0.4) is 0 Å². The van der Waals surface area contributed by atoms with Crippen LogP contribution >= 0.6 is 0 Å². The van der Waals surface area contributed by atoms with Crippen molar-refractivity contribution in [2.75, 3.05) is 13.7 Å². The second-order valence-corrected chi connectivity index (χ2v) is 5.48. The van der Waals surface area contributed by atoms with Crippen molar-refractivity contribution in [1.82, 2.24) is 5.32 Å². The molecule has 2 saturated carbocycles. The Hall–Kier alpha value is -0.0800. The Labute approximate surface area is 93.8 Å². The molecule has 0 heterocycles. The molecule has 2 atom stereocenters. The van der Waals surface area contributed by atoms with E-state index < -0.39 is 0 Å². The average molecular weight is 211 g/mol. The van der Waals surface area contributed by atoms with Gasteiger partial charge in [0.2, 0.25) is 0 Å². The van der Waals surface area contributed by atoms with Crippen LogP contribution < -0.4 is 5.32 Å². The molecule has 1 N–H and O–H groups in total. The van der Waals surface area contributed by atoms with Crippen LogP contribution in [0.2, 0.25) is 0 Å². The Morgan fingerprint density at radius 2 is 1.67 bits per heavy atom. The Bertz CT molecular complexity index is 187. The van der Waals surface area contributed by atoms with E-state index in [0.29, 0.717) is 12.1 Å². The lowest BCUT2D eigenvalue weighted by Gasteiger charge is -2.23. The van der Waals surface area contributed by atoms with E-state index in [4.69, 9.17) is 4.74 Å². The van der Waals surface area contributed by atoms with Gasteiger partial charge in [-0.15, -0.1) is 0 Å². The normalized spacial score (nSPS) is 25.6. The fourth-order valence-corrected chi connectivity index (χ4v) is 2.46. The highest BCUT2D eigenvalue weighted by atomic mass is 16.5. The molecule has 0 spiro atoms. The van der Waals surface area contributed by atoms with Crippen LogP contribution in [0, 0.1) is 17.8 Å². The van der Waals surface area contributed by atoms with Crippen molar-refractivity contribution in [2.45, 2.75) is 51.7 Å². The van der Waals surface area contributed by atoms with Gasteiger partial charge in [-0.05, 0) is 63.8 Å². The number of methoxy groups -OCH3 is 1. The monoisotopic (exact) mass is 211 g/mol. The highest BCUT2D eigenvalue weighted by Gasteiger charge is 2.41. The first-order chi connectivity index (χ1) is 7.22. The van der Waals surface area contributed by atoms with E-state index in [-0.39, 0.29) is 0 Å². The van der Waals surface area contributed by atoms with Crippen molar-refractivity contribution in [3.8, 4) is 0 Å². The van der Waals surface area contributed by atoms with E-state index in [2.05, 4.69) is 19.2 Å². The summed E-state index contributed by atoms with van der Waals surface area (Å²) in [6.07, 6.45) is 6.26. The van der Waals surface area contributed by atoms with Crippen molar-refractivity contribution in [3.05, 3.63) is 0 Å². The number of hydrogen-bond donors (Lipinski definition) is 1. The molecular weight excluding hydrogens is 186 g/mol. The molecule has 0 aromatic carbocycles. The number of rotatable bonds is 7. The molecule has 2 fully saturated rings. The summed E-state index contributed by atoms with van der Waals surface area (Å²) in [6, 6.07) is 0.481. The smallest absolute Gasteiger partial charge is 0.0693 e. The van der Waals surface area contributed by atoms with E-state index in [1.54, 1.807) is 7.11 Å². The third-order valence-electron chi connectivity index (χ3n) is 4.21. The van der Waals surface area contributed by atoms with Crippen molar-refractivity contribution >= 4 is 0 Å². The van der Waals surface area contributed by atoms with Gasteiger partial charge in [0.05, 0.1) is 6.10 Å². The SMILES string of the molecule is COC(C)C(C)NCC(C1CC1)C1CC1. The van der Waals surface area contributed by atoms with Crippen LogP contribution in [0.5, 0.6) is 0 Å². The van der Waals surface area contributed by atoms with Gasteiger partial charge >= 0.3 is 0 Å². The first-order valence-electron chi connectivity index (χ1n) is 6.48. The van der Waals surface area contributed by atoms with E-state index in [1.807, 2.05) is 0 Å². The highest BCUT2D eigenvalue weighted by molar-refractivity contribution is 4.92. The Balaban J connectivity index is 1.70. The van der Waals surface area contributed by atoms with Crippen LogP contribution in [-0.2, 0) is 4.74 Å². The second kappa shape index (κ2) is 4.84. The van der Waals surface area contributed by atoms with Crippen LogP contribution in [0.1, 0.15) is 39.5 Å². The molecule has 88 valence electrons. The van der Waals surface area contributed by atoms with Crippen LogP contribution in [0.15, 0.2) is 0 Å². The Morgan fingerprint density at radius 3 is 2.07 bits per heavy atom. The minimum atomic E-state index is 0.323. The molecule has 2 unspecified atom stereocenters. The quantitative estimate of drug-likeness (QED) is 0.698. The summed E-state index contributed by atoms with van der Waals surface area (Å²) >= 11 is 0. The molecule has 0 aliphatic heterocycles. The predicted octanol–water partition coefficient (Wildman–Crippen LogP) is 2.44. The standard InChI is InChI=1S/C13H25NO/c1-9(10(2)15-3)14-8-13(11-4-5-11)12-6-7-12/h9-14H,4-8H2,1-3H3. The Morgan fingerprint density at radius 1 is 1.13 bits per heavy atom. The maximum absolute atomic E-state index is 5.33. The van der Waals surface area contributed by atoms with Gasteiger partial charge < -0.3 is 10.1 Å². The van der Waals surface area contributed by atoms with E-state index >= 15 is 0 Å². The third-order valence-corrected chi connectivity index (χ3v) is 4.21. The summed E-state index contributed by atoms with van der Waals surface area (Å²) in [6.45, 7) is 5.58. The fourth-order valence-electron chi connectivity index (χ4n) is 2.46. The van der Waals surface area contributed by atoms with Crippen molar-refractivity contribution in [3.63, 3.8) is 0 Å². The van der Waals surface area contributed by atoms with Gasteiger partial charge in [-0.2, -0.15) is 0 Å². The van der Waals surface area contributed by atoms with Gasteiger partial charge in [0.1, 0.15) is 0 Å². The molecular formula is C13H25NO. The predicted molar refractivity (Wildman–Crippen MR) is 62.9 cm³/mol. The van der Waals surface area contributed by atoms with E-state index in [0.717, 1.165) is 17.8 Å². The molecule has 2 aliphatic rings.